The Morgan fingerprint density at radius 3 is 0.776 bits per heavy atom. The van der Waals surface area contributed by atoms with Gasteiger partial charge in [-0.1, -0.05) is 363 Å². The number of phosphoric acid groups is 2. The van der Waals surface area contributed by atoms with E-state index in [-0.39, 0.29) is 25.7 Å². The topological polar surface area (TPSA) is 237 Å². The molecule has 0 fully saturated rings. The van der Waals surface area contributed by atoms with Crippen LogP contribution in [0.4, 0.5) is 0 Å². The van der Waals surface area contributed by atoms with Crippen molar-refractivity contribution in [1.29, 1.82) is 0 Å². The van der Waals surface area contributed by atoms with Gasteiger partial charge >= 0.3 is 39.5 Å². The number of carbonyl (C=O) groups excluding carboxylic acids is 4. The lowest BCUT2D eigenvalue weighted by Crippen LogP contribution is -2.30. The summed E-state index contributed by atoms with van der Waals surface area (Å²) in [6, 6.07) is 0. The molecule has 0 bridgehead atoms. The van der Waals surface area contributed by atoms with Crippen LogP contribution in [0.1, 0.15) is 414 Å². The minimum absolute atomic E-state index is 0.106. The highest BCUT2D eigenvalue weighted by Gasteiger charge is 2.30. The summed E-state index contributed by atoms with van der Waals surface area (Å²) in [5.74, 6) is -0.506. The van der Waals surface area contributed by atoms with Crippen molar-refractivity contribution in [2.45, 2.75) is 432 Å². The number of rotatable bonds is 78. The first-order valence-corrected chi connectivity index (χ1v) is 44.0. The van der Waals surface area contributed by atoms with Crippen molar-refractivity contribution in [3.05, 3.63) is 0 Å². The maximum absolute atomic E-state index is 13.1. The molecule has 3 N–H and O–H groups in total. The predicted molar refractivity (Wildman–Crippen MR) is 400 cm³/mol. The molecule has 98 heavy (non-hydrogen) atoms. The SMILES string of the molecule is CCCCCCCCCCCCCCCCCCCC(=O)OC[C@H](COP(=O)(O)OC[C@@H](O)COP(=O)(O)OC[C@@H](COC(=O)CCCCCCCCCCC)OC(=O)CCCCCCCCCCCCC(C)CC)OC(=O)CCCCCCCCCCCCCCCCCC(C)C. The number of esters is 4. The van der Waals surface area contributed by atoms with Crippen molar-refractivity contribution >= 4 is 39.5 Å². The first-order chi connectivity index (χ1) is 47.4. The van der Waals surface area contributed by atoms with Crippen LogP contribution in [-0.2, 0) is 65.4 Å². The molecule has 0 aromatic carbocycles. The van der Waals surface area contributed by atoms with Gasteiger partial charge in [0.25, 0.3) is 0 Å². The molecule has 0 heterocycles. The molecule has 0 aliphatic carbocycles. The molecule has 0 aromatic heterocycles. The smallest absolute Gasteiger partial charge is 0.462 e. The average Bonchev–Trinajstić information content (AvgIpc) is 1.02. The standard InChI is InChI=1S/C79H154O17P2/c1-7-10-12-14-16-18-19-20-21-22-25-28-31-38-44-50-56-62-77(82)90-68-75(95-78(83)63-57-51-45-39-32-29-26-23-24-27-30-36-41-47-53-59-71(4)5)70-94-98(87,88)92-66-73(80)65-91-97(85,86)93-69-74(67-89-76(81)61-55-49-43-35-17-15-13-11-8-2)96-79(84)64-58-52-46-40-34-33-37-42-48-54-60-72(6)9-3/h71-75,80H,7-70H2,1-6H3,(H,85,86)(H,87,88)/t72?,73-,74+,75+/m0/s1. The maximum Gasteiger partial charge on any atom is 0.472 e. The van der Waals surface area contributed by atoms with E-state index in [4.69, 9.17) is 37.0 Å². The fourth-order valence-corrected chi connectivity index (χ4v) is 13.7. The summed E-state index contributed by atoms with van der Waals surface area (Å²) in [7, 11) is -9.91. The van der Waals surface area contributed by atoms with E-state index < -0.39 is 97.5 Å². The number of aliphatic hydroxyl groups excluding tert-OH is 1. The van der Waals surface area contributed by atoms with Crippen molar-refractivity contribution in [2.75, 3.05) is 39.6 Å². The molecule has 0 aliphatic heterocycles. The highest BCUT2D eigenvalue weighted by molar-refractivity contribution is 7.47. The normalized spacial score (nSPS) is 14.2. The van der Waals surface area contributed by atoms with Crippen LogP contribution < -0.4 is 0 Å². The Hall–Kier alpha value is -1.94. The number of unbranched alkanes of at least 4 members (excludes halogenated alkanes) is 47. The van der Waals surface area contributed by atoms with E-state index in [1.807, 2.05) is 0 Å². The molecule has 19 heteroatoms. The second kappa shape index (κ2) is 70.7. The van der Waals surface area contributed by atoms with Crippen LogP contribution in [0.3, 0.4) is 0 Å². The molecule has 0 spiro atoms. The summed E-state index contributed by atoms with van der Waals surface area (Å²) in [6.07, 6.45) is 59.5. The third-order valence-electron chi connectivity index (χ3n) is 18.8. The number of hydrogen-bond donors (Lipinski definition) is 3. The molecule has 17 nitrogen and oxygen atoms in total. The number of ether oxygens (including phenoxy) is 4. The Balaban J connectivity index is 5.23. The number of phosphoric ester groups is 2. The maximum atomic E-state index is 13.1. The Bertz CT molecular complexity index is 1890. The second-order valence-electron chi connectivity index (χ2n) is 29.2. The third kappa shape index (κ3) is 71.1. The Kier molecular flexibility index (Phi) is 69.3. The number of carbonyl (C=O) groups is 4. The van der Waals surface area contributed by atoms with Crippen LogP contribution in [0, 0.1) is 11.8 Å². The van der Waals surface area contributed by atoms with Crippen molar-refractivity contribution in [2.24, 2.45) is 11.8 Å². The molecule has 0 radical (unpaired) electrons. The zero-order valence-electron chi connectivity index (χ0n) is 64.1. The van der Waals surface area contributed by atoms with E-state index in [1.165, 1.54) is 231 Å². The fraction of sp³-hybridized carbons (Fsp3) is 0.949. The minimum Gasteiger partial charge on any atom is -0.462 e. The van der Waals surface area contributed by atoms with Gasteiger partial charge in [0.2, 0.25) is 0 Å². The van der Waals surface area contributed by atoms with Gasteiger partial charge in [0.05, 0.1) is 26.4 Å². The van der Waals surface area contributed by atoms with Crippen LogP contribution >= 0.6 is 15.6 Å². The van der Waals surface area contributed by atoms with Crippen LogP contribution in [0.5, 0.6) is 0 Å². The van der Waals surface area contributed by atoms with Gasteiger partial charge in [0, 0.05) is 25.7 Å². The van der Waals surface area contributed by atoms with Crippen LogP contribution in [0.2, 0.25) is 0 Å². The summed E-state index contributed by atoms with van der Waals surface area (Å²) >= 11 is 0. The van der Waals surface area contributed by atoms with Crippen LogP contribution in [0.15, 0.2) is 0 Å². The van der Waals surface area contributed by atoms with E-state index in [9.17, 15) is 43.2 Å². The predicted octanol–water partition coefficient (Wildman–Crippen LogP) is 23.5. The lowest BCUT2D eigenvalue weighted by atomic mass is 9.99. The van der Waals surface area contributed by atoms with Gasteiger partial charge in [0.15, 0.2) is 12.2 Å². The number of hydrogen-bond acceptors (Lipinski definition) is 15. The summed E-state index contributed by atoms with van der Waals surface area (Å²) in [4.78, 5) is 72.9. The lowest BCUT2D eigenvalue weighted by molar-refractivity contribution is -0.161. The van der Waals surface area contributed by atoms with Gasteiger partial charge in [-0.3, -0.25) is 37.3 Å². The highest BCUT2D eigenvalue weighted by Crippen LogP contribution is 2.45. The zero-order valence-corrected chi connectivity index (χ0v) is 65.9. The van der Waals surface area contributed by atoms with E-state index in [1.54, 1.807) is 0 Å². The molecule has 0 rings (SSSR count). The monoisotopic (exact) mass is 1440 g/mol. The Morgan fingerprint density at radius 2 is 0.520 bits per heavy atom. The quantitative estimate of drug-likeness (QED) is 0.0222. The molecule has 3 unspecified atom stereocenters. The van der Waals surface area contributed by atoms with Gasteiger partial charge in [-0.05, 0) is 37.5 Å². The fourth-order valence-electron chi connectivity index (χ4n) is 12.2. The summed E-state index contributed by atoms with van der Waals surface area (Å²) < 4.78 is 68.6. The van der Waals surface area contributed by atoms with E-state index >= 15 is 0 Å². The molecule has 0 aromatic rings. The average molecular weight is 1440 g/mol. The van der Waals surface area contributed by atoms with Crippen LogP contribution in [-0.4, -0.2) is 96.7 Å². The second-order valence-corrected chi connectivity index (χ2v) is 32.1. The highest BCUT2D eigenvalue weighted by atomic mass is 31.2. The molecule has 0 saturated heterocycles. The summed E-state index contributed by atoms with van der Waals surface area (Å²) in [5.41, 5.74) is 0. The van der Waals surface area contributed by atoms with Crippen molar-refractivity contribution in [3.8, 4) is 0 Å². The minimum atomic E-state index is -4.96. The summed E-state index contributed by atoms with van der Waals surface area (Å²) in [5, 5.41) is 10.6. The van der Waals surface area contributed by atoms with Crippen LogP contribution in [0.25, 0.3) is 0 Å². The molecule has 582 valence electrons. The van der Waals surface area contributed by atoms with Gasteiger partial charge in [-0.2, -0.15) is 0 Å². The Morgan fingerprint density at radius 1 is 0.296 bits per heavy atom. The Labute approximate surface area is 600 Å². The lowest BCUT2D eigenvalue weighted by Gasteiger charge is -2.21. The van der Waals surface area contributed by atoms with Crippen molar-refractivity contribution < 1.29 is 80.2 Å². The molecule has 0 saturated carbocycles. The van der Waals surface area contributed by atoms with Gasteiger partial charge in [-0.15, -0.1) is 0 Å². The van der Waals surface area contributed by atoms with E-state index in [0.29, 0.717) is 25.7 Å². The zero-order chi connectivity index (χ0) is 72.1. The van der Waals surface area contributed by atoms with Gasteiger partial charge in [-0.25, -0.2) is 9.13 Å². The van der Waals surface area contributed by atoms with Crippen molar-refractivity contribution in [3.63, 3.8) is 0 Å². The van der Waals surface area contributed by atoms with Crippen molar-refractivity contribution in [1.82, 2.24) is 0 Å². The number of aliphatic hydroxyl groups is 1. The first kappa shape index (κ1) is 96.1. The third-order valence-corrected chi connectivity index (χ3v) is 20.7. The van der Waals surface area contributed by atoms with E-state index in [2.05, 4.69) is 41.5 Å². The molecule has 0 amide bonds. The van der Waals surface area contributed by atoms with Gasteiger partial charge in [0.1, 0.15) is 19.3 Å². The molecular formula is C79H154O17P2. The van der Waals surface area contributed by atoms with Gasteiger partial charge < -0.3 is 33.8 Å². The molecular weight excluding hydrogens is 1280 g/mol. The molecule has 0 aliphatic rings. The largest absolute Gasteiger partial charge is 0.472 e. The first-order valence-electron chi connectivity index (χ1n) is 41.0. The summed E-state index contributed by atoms with van der Waals surface area (Å²) in [6.45, 7) is 9.66. The molecule has 6 atom stereocenters. The van der Waals surface area contributed by atoms with E-state index in [0.717, 1.165) is 102 Å².